The number of benzene rings is 3. The van der Waals surface area contributed by atoms with Crippen molar-refractivity contribution in [2.75, 3.05) is 24.2 Å². The van der Waals surface area contributed by atoms with Crippen molar-refractivity contribution >= 4 is 50.7 Å². The zero-order chi connectivity index (χ0) is 30.4. The maximum Gasteiger partial charge on any atom is 0.244 e. The number of halogens is 2. The van der Waals surface area contributed by atoms with Gasteiger partial charge in [-0.1, -0.05) is 65.7 Å². The van der Waals surface area contributed by atoms with Crippen LogP contribution in [0, 0.1) is 0 Å². The molecule has 0 aliphatic rings. The summed E-state index contributed by atoms with van der Waals surface area (Å²) in [5.74, 6) is -0.726. The second kappa shape index (κ2) is 13.6. The number of anilines is 1. The Bertz CT molecular complexity index is 1460. The quantitative estimate of drug-likeness (QED) is 0.313. The minimum absolute atomic E-state index is 0.0371. The van der Waals surface area contributed by atoms with Gasteiger partial charge in [-0.3, -0.25) is 13.9 Å². The van der Waals surface area contributed by atoms with Crippen molar-refractivity contribution in [3.05, 3.63) is 94.0 Å². The molecular formula is C30H35Cl2N3O5S. The fraction of sp³-hybridized carbons (Fsp3) is 0.333. The maximum absolute atomic E-state index is 14.2. The molecule has 220 valence electrons. The van der Waals surface area contributed by atoms with Crippen LogP contribution in [-0.4, -0.2) is 56.6 Å². The van der Waals surface area contributed by atoms with Gasteiger partial charge >= 0.3 is 0 Å². The van der Waals surface area contributed by atoms with E-state index in [1.54, 1.807) is 30.3 Å². The Morgan fingerprint density at radius 3 is 2.10 bits per heavy atom. The molecule has 0 fully saturated rings. The Balaban J connectivity index is 2.11. The summed E-state index contributed by atoms with van der Waals surface area (Å²) in [4.78, 5) is 29.3. The number of amides is 2. The lowest BCUT2D eigenvalue weighted by Gasteiger charge is -2.35. The molecule has 0 aromatic heterocycles. The average Bonchev–Trinajstić information content (AvgIpc) is 2.89. The van der Waals surface area contributed by atoms with E-state index in [-0.39, 0.29) is 35.3 Å². The Labute approximate surface area is 252 Å². The third-order valence-electron chi connectivity index (χ3n) is 6.12. The van der Waals surface area contributed by atoms with Crippen molar-refractivity contribution in [3.63, 3.8) is 0 Å². The first-order valence-electron chi connectivity index (χ1n) is 12.9. The Hall–Kier alpha value is -3.27. The third-order valence-corrected chi connectivity index (χ3v) is 7.74. The van der Waals surface area contributed by atoms with E-state index in [0.29, 0.717) is 5.02 Å². The van der Waals surface area contributed by atoms with Gasteiger partial charge in [-0.25, -0.2) is 8.42 Å². The molecule has 3 aromatic carbocycles. The van der Waals surface area contributed by atoms with Crippen molar-refractivity contribution < 1.29 is 22.7 Å². The van der Waals surface area contributed by atoms with Gasteiger partial charge in [0, 0.05) is 28.5 Å². The number of nitrogens with one attached hydrogen (secondary N) is 1. The number of hydrogen-bond donors (Lipinski definition) is 1. The van der Waals surface area contributed by atoms with Crippen LogP contribution in [0.2, 0.25) is 10.0 Å². The molecule has 41 heavy (non-hydrogen) atoms. The number of rotatable bonds is 11. The molecule has 1 unspecified atom stereocenters. The summed E-state index contributed by atoms with van der Waals surface area (Å²) in [6.07, 6.45) is 1.21. The maximum atomic E-state index is 14.2. The zero-order valence-corrected chi connectivity index (χ0v) is 26.1. The number of carbonyl (C=O) groups is 2. The minimum atomic E-state index is -3.98. The van der Waals surface area contributed by atoms with Crippen LogP contribution < -0.4 is 14.4 Å². The molecule has 0 aliphatic heterocycles. The molecule has 1 atom stereocenters. The van der Waals surface area contributed by atoms with Gasteiger partial charge < -0.3 is 15.0 Å². The second-order valence-corrected chi connectivity index (χ2v) is 13.5. The number of hydrogen-bond acceptors (Lipinski definition) is 5. The lowest BCUT2D eigenvalue weighted by Crippen LogP contribution is -2.56. The molecule has 0 heterocycles. The number of sulfonamides is 1. The predicted octanol–water partition coefficient (Wildman–Crippen LogP) is 5.32. The van der Waals surface area contributed by atoms with Crippen LogP contribution in [0.25, 0.3) is 0 Å². The standard InChI is InChI=1S/C30H35Cl2N3O5S/c1-30(2,3)33-29(37)26(17-21-9-7-6-8-10-21)34(19-22-11-13-23(31)14-12-22)28(36)20-35(41(5,38)39)25-18-24(32)15-16-27(25)40-4/h6-16,18,26H,17,19-20H2,1-5H3,(H,33,37). The van der Waals surface area contributed by atoms with E-state index >= 15 is 0 Å². The van der Waals surface area contributed by atoms with Crippen molar-refractivity contribution in [2.24, 2.45) is 0 Å². The fourth-order valence-corrected chi connectivity index (χ4v) is 5.38. The van der Waals surface area contributed by atoms with E-state index in [0.717, 1.165) is 21.7 Å². The summed E-state index contributed by atoms with van der Waals surface area (Å²) in [6, 6.07) is 19.8. The van der Waals surface area contributed by atoms with Crippen LogP contribution >= 0.6 is 23.2 Å². The molecule has 0 radical (unpaired) electrons. The number of methoxy groups -OCH3 is 1. The van der Waals surface area contributed by atoms with E-state index in [9.17, 15) is 18.0 Å². The van der Waals surface area contributed by atoms with Gasteiger partial charge in [0.25, 0.3) is 0 Å². The zero-order valence-electron chi connectivity index (χ0n) is 23.7. The Kier molecular flexibility index (Phi) is 10.7. The summed E-state index contributed by atoms with van der Waals surface area (Å²) >= 11 is 12.3. The minimum Gasteiger partial charge on any atom is -0.495 e. The van der Waals surface area contributed by atoms with Gasteiger partial charge in [0.2, 0.25) is 21.8 Å². The van der Waals surface area contributed by atoms with Gasteiger partial charge in [-0.2, -0.15) is 0 Å². The SMILES string of the molecule is COc1ccc(Cl)cc1N(CC(=O)N(Cc1ccc(Cl)cc1)C(Cc1ccccc1)C(=O)NC(C)(C)C)S(C)(=O)=O. The lowest BCUT2D eigenvalue weighted by atomic mass is 10.0. The predicted molar refractivity (Wildman–Crippen MR) is 164 cm³/mol. The topological polar surface area (TPSA) is 96.0 Å². The summed E-state index contributed by atoms with van der Waals surface area (Å²) in [6.45, 7) is 5.01. The second-order valence-electron chi connectivity index (χ2n) is 10.7. The van der Waals surface area contributed by atoms with Crippen LogP contribution in [0.15, 0.2) is 72.8 Å². The normalized spacial score (nSPS) is 12.4. The molecule has 2 amide bonds. The van der Waals surface area contributed by atoms with Gasteiger partial charge in [-0.05, 0) is 62.2 Å². The van der Waals surface area contributed by atoms with Gasteiger partial charge in [0.15, 0.2) is 0 Å². The Morgan fingerprint density at radius 2 is 1.54 bits per heavy atom. The van der Waals surface area contributed by atoms with E-state index in [1.807, 2.05) is 51.1 Å². The molecule has 0 saturated heterocycles. The molecule has 8 nitrogen and oxygen atoms in total. The lowest BCUT2D eigenvalue weighted by molar-refractivity contribution is -0.140. The first-order valence-corrected chi connectivity index (χ1v) is 15.5. The molecule has 3 aromatic rings. The third kappa shape index (κ3) is 9.38. The molecule has 0 saturated carbocycles. The average molecular weight is 621 g/mol. The molecule has 11 heteroatoms. The van der Waals surface area contributed by atoms with Crippen molar-refractivity contribution in [1.82, 2.24) is 10.2 Å². The number of ether oxygens (including phenoxy) is 1. The Morgan fingerprint density at radius 1 is 0.927 bits per heavy atom. The molecule has 0 spiro atoms. The van der Waals surface area contributed by atoms with Crippen LogP contribution in [0.1, 0.15) is 31.9 Å². The molecular weight excluding hydrogens is 585 g/mol. The first-order chi connectivity index (χ1) is 19.2. The van der Waals surface area contributed by atoms with Crippen LogP contribution in [0.4, 0.5) is 5.69 Å². The van der Waals surface area contributed by atoms with Crippen LogP contribution in [-0.2, 0) is 32.6 Å². The van der Waals surface area contributed by atoms with E-state index < -0.39 is 34.1 Å². The molecule has 1 N–H and O–H groups in total. The monoisotopic (exact) mass is 619 g/mol. The van der Waals surface area contributed by atoms with E-state index in [2.05, 4.69) is 5.32 Å². The van der Waals surface area contributed by atoms with Gasteiger partial charge in [0.05, 0.1) is 19.1 Å². The summed E-state index contributed by atoms with van der Waals surface area (Å²) in [5.41, 5.74) is 1.09. The number of nitrogens with zero attached hydrogens (tertiary/aromatic N) is 2. The van der Waals surface area contributed by atoms with Crippen LogP contribution in [0.3, 0.4) is 0 Å². The smallest absolute Gasteiger partial charge is 0.244 e. The van der Waals surface area contributed by atoms with Crippen molar-refractivity contribution in [3.8, 4) is 5.75 Å². The van der Waals surface area contributed by atoms with Gasteiger partial charge in [-0.15, -0.1) is 0 Å². The summed E-state index contributed by atoms with van der Waals surface area (Å²) in [7, 11) is -2.58. The first kappa shape index (κ1) is 32.2. The highest BCUT2D eigenvalue weighted by Gasteiger charge is 2.35. The molecule has 3 rings (SSSR count). The highest BCUT2D eigenvalue weighted by Crippen LogP contribution is 2.33. The fourth-order valence-electron chi connectivity index (χ4n) is 4.25. The molecule has 0 bridgehead atoms. The van der Waals surface area contributed by atoms with Gasteiger partial charge in [0.1, 0.15) is 18.3 Å². The highest BCUT2D eigenvalue weighted by molar-refractivity contribution is 7.92. The number of carbonyl (C=O) groups excluding carboxylic acids is 2. The largest absolute Gasteiger partial charge is 0.495 e. The van der Waals surface area contributed by atoms with E-state index in [4.69, 9.17) is 27.9 Å². The van der Waals surface area contributed by atoms with E-state index in [1.165, 1.54) is 24.1 Å². The summed E-state index contributed by atoms with van der Waals surface area (Å²) < 4.78 is 32.3. The van der Waals surface area contributed by atoms with Crippen molar-refractivity contribution in [1.29, 1.82) is 0 Å². The molecule has 0 aliphatic carbocycles. The van der Waals surface area contributed by atoms with Crippen molar-refractivity contribution in [2.45, 2.75) is 45.3 Å². The summed E-state index contributed by atoms with van der Waals surface area (Å²) in [5, 5.41) is 3.78. The highest BCUT2D eigenvalue weighted by atomic mass is 35.5. The van der Waals surface area contributed by atoms with Crippen LogP contribution in [0.5, 0.6) is 5.75 Å².